The molecule has 33 heavy (non-hydrogen) atoms. The minimum absolute atomic E-state index is 0.0332. The monoisotopic (exact) mass is 528 g/mol. The molecule has 4 rings (SSSR count). The van der Waals surface area contributed by atoms with Crippen LogP contribution in [0.5, 0.6) is 0 Å². The molecule has 0 aliphatic carbocycles. The van der Waals surface area contributed by atoms with Gasteiger partial charge in [0.05, 0.1) is 0 Å². The number of nitrogens with one attached hydrogen (secondary N) is 1. The van der Waals surface area contributed by atoms with Gasteiger partial charge in [-0.3, -0.25) is 14.5 Å². The van der Waals surface area contributed by atoms with Gasteiger partial charge in [-0.15, -0.1) is 22.0 Å². The molecule has 2 aromatic rings. The third-order valence-electron chi connectivity index (χ3n) is 4.46. The second-order valence-corrected chi connectivity index (χ2v) is 10.9. The first-order valence-electron chi connectivity index (χ1n) is 9.14. The van der Waals surface area contributed by atoms with Crippen LogP contribution in [0.1, 0.15) is 10.8 Å². The van der Waals surface area contributed by atoms with Crippen LogP contribution >= 0.6 is 46.4 Å². The van der Waals surface area contributed by atoms with E-state index >= 15 is 0 Å². The number of rotatable bonds is 8. The average molecular weight is 529 g/mol. The quantitative estimate of drug-likeness (QED) is 0.183. The smallest absolute Gasteiger partial charge is 0.352 e. The summed E-state index contributed by atoms with van der Waals surface area (Å²) in [6, 6.07) is -0.935. The highest BCUT2D eigenvalue weighted by Gasteiger charge is 2.54. The highest BCUT2D eigenvalue weighted by atomic mass is 32.2. The fraction of sp³-hybridized carbons (Fsp3) is 0.375. The molecule has 0 saturated carbocycles. The molecule has 0 spiro atoms. The van der Waals surface area contributed by atoms with E-state index in [1.807, 2.05) is 6.92 Å². The molecule has 1 unspecified atom stereocenters. The first-order valence-corrected chi connectivity index (χ1v) is 12.8. The molecule has 1 fully saturated rings. The van der Waals surface area contributed by atoms with E-state index in [1.165, 1.54) is 46.9 Å². The van der Waals surface area contributed by atoms with E-state index in [4.69, 9.17) is 10.6 Å². The van der Waals surface area contributed by atoms with Crippen LogP contribution in [-0.2, 0) is 19.2 Å². The number of thioether (sulfide) groups is 2. The van der Waals surface area contributed by atoms with Crippen molar-refractivity contribution < 1.29 is 24.3 Å². The maximum absolute atomic E-state index is 12.8. The van der Waals surface area contributed by atoms with Crippen LogP contribution < -0.4 is 11.1 Å². The Hall–Kier alpha value is -2.76. The van der Waals surface area contributed by atoms with Crippen LogP contribution in [0.25, 0.3) is 0 Å². The summed E-state index contributed by atoms with van der Waals surface area (Å²) in [6.07, 6.45) is 0. The number of aryl methyl sites for hydroxylation is 1. The minimum Gasteiger partial charge on any atom is -0.477 e. The number of carboxylic acids is 1. The zero-order chi connectivity index (χ0) is 23.7. The van der Waals surface area contributed by atoms with E-state index in [-0.39, 0.29) is 22.4 Å². The van der Waals surface area contributed by atoms with E-state index in [1.54, 1.807) is 0 Å². The van der Waals surface area contributed by atoms with Crippen molar-refractivity contribution in [2.24, 2.45) is 5.16 Å². The van der Waals surface area contributed by atoms with Gasteiger partial charge in [0.15, 0.2) is 9.47 Å². The summed E-state index contributed by atoms with van der Waals surface area (Å²) < 4.78 is 4.66. The van der Waals surface area contributed by atoms with Gasteiger partial charge in [0.25, 0.3) is 11.8 Å². The average Bonchev–Trinajstić information content (AvgIpc) is 3.40. The zero-order valence-electron chi connectivity index (χ0n) is 17.0. The standard InChI is InChI=1S/C16H16N8O5S4/c1-5-20-21-16(32-5)31-4-6-3-30-13-8(12(26)24(13)9(6)14(27)28)18-11(25)7(22-29-2)10-19-15(17)33-23-10/h8,13H,3-4H2,1-2H3,(H,18,25)(H,27,28)(H2,17,19,23)/t8?,13-/m0/s1. The summed E-state index contributed by atoms with van der Waals surface area (Å²) in [5, 5.41) is 24.4. The van der Waals surface area contributed by atoms with E-state index in [0.29, 0.717) is 17.1 Å². The fourth-order valence-electron chi connectivity index (χ4n) is 3.10. The maximum atomic E-state index is 12.8. The number of nitrogen functional groups attached to an aromatic ring is 1. The molecule has 2 atom stereocenters. The molecule has 1 saturated heterocycles. The number of fused-ring (bicyclic) bond motifs is 1. The van der Waals surface area contributed by atoms with Gasteiger partial charge in [0.1, 0.15) is 29.2 Å². The lowest BCUT2D eigenvalue weighted by atomic mass is 10.0. The Labute approximate surface area is 203 Å². The van der Waals surface area contributed by atoms with Gasteiger partial charge in [0, 0.05) is 23.0 Å². The molecule has 174 valence electrons. The summed E-state index contributed by atoms with van der Waals surface area (Å²) in [6.45, 7) is 1.83. The van der Waals surface area contributed by atoms with Crippen molar-refractivity contribution in [1.82, 2.24) is 29.8 Å². The number of β-lactam (4-membered cyclic amide) rings is 1. The van der Waals surface area contributed by atoms with Crippen molar-refractivity contribution in [3.63, 3.8) is 0 Å². The van der Waals surface area contributed by atoms with Gasteiger partial charge in [-0.2, -0.15) is 9.36 Å². The summed E-state index contributed by atoms with van der Waals surface area (Å²) >= 11 is 5.03. The Morgan fingerprint density at radius 1 is 1.42 bits per heavy atom. The number of carbonyl (C=O) groups excluding carboxylic acids is 2. The number of anilines is 1. The Balaban J connectivity index is 1.49. The van der Waals surface area contributed by atoms with Crippen molar-refractivity contribution in [2.45, 2.75) is 22.7 Å². The second-order valence-electron chi connectivity index (χ2n) is 6.57. The van der Waals surface area contributed by atoms with E-state index in [0.717, 1.165) is 20.9 Å². The number of carboxylic acid groups (broad SMARTS) is 1. The third kappa shape index (κ3) is 4.66. The Morgan fingerprint density at radius 3 is 2.82 bits per heavy atom. The molecule has 17 heteroatoms. The third-order valence-corrected chi connectivity index (χ3v) is 8.41. The SMILES string of the molecule is CON=C(C(=O)NC1C(=O)N2C(C(=O)O)=C(CSc3nnc(C)s3)CS[C@@H]12)c1nsc(N)n1. The van der Waals surface area contributed by atoms with Crippen molar-refractivity contribution >= 4 is 75.0 Å². The molecule has 2 aromatic heterocycles. The lowest BCUT2D eigenvalue weighted by Crippen LogP contribution is -2.71. The molecule has 13 nitrogen and oxygen atoms in total. The van der Waals surface area contributed by atoms with E-state index < -0.39 is 29.2 Å². The predicted molar refractivity (Wildman–Crippen MR) is 123 cm³/mol. The van der Waals surface area contributed by atoms with Crippen molar-refractivity contribution in [3.8, 4) is 0 Å². The van der Waals surface area contributed by atoms with Crippen LogP contribution in [0.4, 0.5) is 5.13 Å². The van der Waals surface area contributed by atoms with Crippen molar-refractivity contribution in [2.75, 3.05) is 24.3 Å². The Morgan fingerprint density at radius 2 is 2.21 bits per heavy atom. The normalized spacial score (nSPS) is 20.4. The maximum Gasteiger partial charge on any atom is 0.352 e. The second kappa shape index (κ2) is 9.62. The molecule has 0 aromatic carbocycles. The van der Waals surface area contributed by atoms with Gasteiger partial charge in [-0.05, 0) is 12.5 Å². The van der Waals surface area contributed by atoms with Gasteiger partial charge in [-0.25, -0.2) is 4.79 Å². The van der Waals surface area contributed by atoms with Gasteiger partial charge < -0.3 is 21.0 Å². The van der Waals surface area contributed by atoms with Gasteiger partial charge in [-0.1, -0.05) is 28.3 Å². The minimum atomic E-state index is -1.20. The number of aliphatic carboxylic acids is 1. The van der Waals surface area contributed by atoms with Gasteiger partial charge in [0.2, 0.25) is 11.5 Å². The molecular formula is C16H16N8O5S4. The highest BCUT2D eigenvalue weighted by molar-refractivity contribution is 8.01. The topological polar surface area (TPSA) is 186 Å². The summed E-state index contributed by atoms with van der Waals surface area (Å²) in [7, 11) is 1.25. The molecule has 0 bridgehead atoms. The van der Waals surface area contributed by atoms with E-state index in [2.05, 4.69) is 30.0 Å². The number of hydrogen-bond acceptors (Lipinski definition) is 14. The first kappa shape index (κ1) is 23.4. The molecule has 4 heterocycles. The molecule has 2 aliphatic rings. The predicted octanol–water partition coefficient (Wildman–Crippen LogP) is 0.162. The Bertz CT molecular complexity index is 1180. The number of carbonyl (C=O) groups is 3. The fourth-order valence-corrected chi connectivity index (χ4v) is 6.83. The van der Waals surface area contributed by atoms with Crippen LogP contribution in [0, 0.1) is 6.92 Å². The molecule has 0 radical (unpaired) electrons. The number of oxime groups is 1. The van der Waals surface area contributed by atoms with Crippen molar-refractivity contribution in [1.29, 1.82) is 0 Å². The molecule has 2 aliphatic heterocycles. The lowest BCUT2D eigenvalue weighted by molar-refractivity contribution is -0.150. The number of nitrogens with zero attached hydrogens (tertiary/aromatic N) is 6. The Kier molecular flexibility index (Phi) is 6.82. The number of hydrogen-bond donors (Lipinski definition) is 3. The summed E-state index contributed by atoms with van der Waals surface area (Å²) in [4.78, 5) is 47.4. The van der Waals surface area contributed by atoms with Crippen LogP contribution in [0.15, 0.2) is 20.8 Å². The van der Waals surface area contributed by atoms with Crippen LogP contribution in [0.3, 0.4) is 0 Å². The largest absolute Gasteiger partial charge is 0.477 e. The van der Waals surface area contributed by atoms with Gasteiger partial charge >= 0.3 is 5.97 Å². The molecule has 4 N–H and O–H groups in total. The summed E-state index contributed by atoms with van der Waals surface area (Å²) in [5.74, 6) is -1.76. The summed E-state index contributed by atoms with van der Waals surface area (Å²) in [5.41, 5.74) is 5.86. The number of nitrogens with two attached hydrogens (primary N) is 1. The van der Waals surface area contributed by atoms with Crippen molar-refractivity contribution in [3.05, 3.63) is 22.1 Å². The zero-order valence-corrected chi connectivity index (χ0v) is 20.3. The first-order chi connectivity index (χ1) is 15.8. The van der Waals surface area contributed by atoms with Crippen LogP contribution in [-0.4, -0.2) is 83.1 Å². The highest BCUT2D eigenvalue weighted by Crippen LogP contribution is 2.41. The molecule has 2 amide bonds. The van der Waals surface area contributed by atoms with Crippen LogP contribution in [0.2, 0.25) is 0 Å². The molecular weight excluding hydrogens is 512 g/mol. The lowest BCUT2D eigenvalue weighted by Gasteiger charge is -2.49. The number of aromatic nitrogens is 4. The number of amides is 2. The van der Waals surface area contributed by atoms with E-state index in [9.17, 15) is 19.5 Å².